The number of hydrogen-bond acceptors (Lipinski definition) is 4. The van der Waals surface area contributed by atoms with E-state index < -0.39 is 22.8 Å². The van der Waals surface area contributed by atoms with E-state index in [0.29, 0.717) is 4.47 Å². The molecule has 114 valence electrons. The Bertz CT molecular complexity index is 562. The summed E-state index contributed by atoms with van der Waals surface area (Å²) in [4.78, 5) is 5.04. The third-order valence-electron chi connectivity index (χ3n) is 1.90. The Morgan fingerprint density at radius 2 is 2.00 bits per heavy atom. The van der Waals surface area contributed by atoms with Crippen LogP contribution in [0.25, 0.3) is 0 Å². The molecular formula is C10H11BrF3NO4S. The van der Waals surface area contributed by atoms with Gasteiger partial charge in [-0.1, -0.05) is 20.8 Å². The molecule has 0 bridgehead atoms. The highest BCUT2D eigenvalue weighted by Crippen LogP contribution is 2.27. The minimum absolute atomic E-state index is 0.0128. The van der Waals surface area contributed by atoms with Crippen LogP contribution in [-0.4, -0.2) is 27.8 Å². The van der Waals surface area contributed by atoms with E-state index in [2.05, 4.69) is 20.8 Å². The second-order valence-electron chi connectivity index (χ2n) is 3.51. The first kappa shape index (κ1) is 17.2. The molecule has 1 aromatic carbocycles. The lowest BCUT2D eigenvalue weighted by molar-refractivity contribution is -0.181. The largest absolute Gasteiger partial charge is 0.492 e. The average molecular weight is 378 g/mol. The molecule has 0 aliphatic rings. The van der Waals surface area contributed by atoms with Crippen LogP contribution < -0.4 is 9.62 Å². The van der Waals surface area contributed by atoms with Crippen LogP contribution in [0.4, 0.5) is 13.2 Å². The number of ether oxygens (including phenoxy) is 1. The monoisotopic (exact) mass is 377 g/mol. The predicted octanol–water partition coefficient (Wildman–Crippen LogP) is 2.62. The molecule has 10 heteroatoms. The Hall–Kier alpha value is -0.840. The fourth-order valence-electron chi connectivity index (χ4n) is 1.20. The van der Waals surface area contributed by atoms with Crippen molar-refractivity contribution < 1.29 is 31.2 Å². The fraction of sp³-hybridized carbons (Fsp3) is 0.400. The molecule has 0 fully saturated rings. The molecule has 0 saturated carbocycles. The summed E-state index contributed by atoms with van der Waals surface area (Å²) in [5.41, 5.74) is 0. The number of sulfonamides is 1. The molecule has 0 aliphatic heterocycles. The van der Waals surface area contributed by atoms with Crippen molar-refractivity contribution in [2.75, 3.05) is 13.2 Å². The van der Waals surface area contributed by atoms with Gasteiger partial charge in [-0.15, -0.1) is 0 Å². The second kappa shape index (κ2) is 6.74. The number of hydrogen-bond donors (Lipinski definition) is 1. The maximum atomic E-state index is 11.9. The summed E-state index contributed by atoms with van der Waals surface area (Å²) in [5, 5.41) is 0. The minimum atomic E-state index is -4.64. The summed E-state index contributed by atoms with van der Waals surface area (Å²) in [6.45, 7) is 0.115. The summed E-state index contributed by atoms with van der Waals surface area (Å²) in [7, 11) is -4.29. The predicted molar refractivity (Wildman–Crippen MR) is 67.6 cm³/mol. The van der Waals surface area contributed by atoms with Crippen molar-refractivity contribution in [2.45, 2.75) is 18.0 Å². The van der Waals surface area contributed by atoms with E-state index in [-0.39, 0.29) is 17.3 Å². The lowest BCUT2D eigenvalue weighted by Gasteiger charge is -2.13. The molecule has 0 radical (unpaired) electrons. The maximum absolute atomic E-state index is 11.9. The van der Waals surface area contributed by atoms with Gasteiger partial charge in [-0.3, -0.25) is 4.84 Å². The standard InChI is InChI=1S/C10H11BrF3NO4S/c1-2-18-8-4-3-7(11)5-9(8)20(16,17)15-19-6-10(12,13)14/h3-5,15H,2,6H2,1H3. The van der Waals surface area contributed by atoms with Crippen LogP contribution in [0.1, 0.15) is 6.92 Å². The molecule has 0 spiro atoms. The summed E-state index contributed by atoms with van der Waals surface area (Å²) in [6, 6.07) is 4.12. The van der Waals surface area contributed by atoms with Gasteiger partial charge in [0.1, 0.15) is 10.6 Å². The molecule has 0 atom stereocenters. The molecule has 1 rings (SSSR count). The molecule has 20 heavy (non-hydrogen) atoms. The zero-order valence-corrected chi connectivity index (χ0v) is 12.6. The Morgan fingerprint density at radius 1 is 1.35 bits per heavy atom. The Morgan fingerprint density at radius 3 is 2.55 bits per heavy atom. The van der Waals surface area contributed by atoms with Crippen molar-refractivity contribution >= 4 is 26.0 Å². The van der Waals surface area contributed by atoms with Crippen molar-refractivity contribution in [3.63, 3.8) is 0 Å². The van der Waals surface area contributed by atoms with Gasteiger partial charge in [0.25, 0.3) is 10.0 Å². The van der Waals surface area contributed by atoms with Crippen LogP contribution in [0.15, 0.2) is 27.6 Å². The van der Waals surface area contributed by atoms with Crippen LogP contribution in [0, 0.1) is 0 Å². The van der Waals surface area contributed by atoms with Crippen molar-refractivity contribution in [1.29, 1.82) is 0 Å². The molecule has 5 nitrogen and oxygen atoms in total. The van der Waals surface area contributed by atoms with E-state index >= 15 is 0 Å². The summed E-state index contributed by atoms with van der Waals surface area (Å²) in [5.74, 6) is 0.0128. The Labute approximate surface area is 122 Å². The minimum Gasteiger partial charge on any atom is -0.492 e. The summed E-state index contributed by atoms with van der Waals surface area (Å²) >= 11 is 3.07. The van der Waals surface area contributed by atoms with Crippen LogP contribution in [0.5, 0.6) is 5.75 Å². The van der Waals surface area contributed by atoms with E-state index in [0.717, 1.165) is 0 Å². The van der Waals surface area contributed by atoms with E-state index in [1.165, 1.54) is 17.0 Å². The van der Waals surface area contributed by atoms with Gasteiger partial charge < -0.3 is 4.74 Å². The molecule has 0 aliphatic carbocycles. The smallest absolute Gasteiger partial charge is 0.413 e. The van der Waals surface area contributed by atoms with Crippen molar-refractivity contribution in [2.24, 2.45) is 0 Å². The normalized spacial score (nSPS) is 12.4. The van der Waals surface area contributed by atoms with E-state index in [9.17, 15) is 21.6 Å². The number of benzene rings is 1. The van der Waals surface area contributed by atoms with Gasteiger partial charge in [-0.25, -0.2) is 8.42 Å². The summed E-state index contributed by atoms with van der Waals surface area (Å²) < 4.78 is 65.0. The van der Waals surface area contributed by atoms with Gasteiger partial charge in [0.2, 0.25) is 0 Å². The Kier molecular flexibility index (Phi) is 5.80. The van der Waals surface area contributed by atoms with Gasteiger partial charge in [0, 0.05) is 4.47 Å². The molecular weight excluding hydrogens is 367 g/mol. The van der Waals surface area contributed by atoms with Gasteiger partial charge in [-0.05, 0) is 25.1 Å². The summed E-state index contributed by atoms with van der Waals surface area (Å²) in [6.07, 6.45) is -4.64. The zero-order chi connectivity index (χ0) is 15.4. The highest BCUT2D eigenvalue weighted by atomic mass is 79.9. The molecule has 0 heterocycles. The van der Waals surface area contributed by atoms with Gasteiger partial charge in [0.15, 0.2) is 6.61 Å². The van der Waals surface area contributed by atoms with Gasteiger partial charge >= 0.3 is 6.18 Å². The average Bonchev–Trinajstić information content (AvgIpc) is 2.29. The highest BCUT2D eigenvalue weighted by molar-refractivity contribution is 9.10. The van der Waals surface area contributed by atoms with Crippen LogP contribution in [0.2, 0.25) is 0 Å². The first-order valence-corrected chi connectivity index (χ1v) is 7.56. The number of rotatable bonds is 6. The fourth-order valence-corrected chi connectivity index (χ4v) is 2.69. The first-order valence-electron chi connectivity index (χ1n) is 5.28. The number of nitrogens with one attached hydrogen (secondary N) is 1. The molecule has 0 aromatic heterocycles. The van der Waals surface area contributed by atoms with Crippen LogP contribution >= 0.6 is 15.9 Å². The molecule has 1 N–H and O–H groups in total. The third-order valence-corrected chi connectivity index (χ3v) is 3.63. The quantitative estimate of drug-likeness (QED) is 0.774. The molecule has 0 unspecified atom stereocenters. The van der Waals surface area contributed by atoms with Crippen LogP contribution in [0.3, 0.4) is 0 Å². The number of halogens is 4. The SMILES string of the molecule is CCOc1ccc(Br)cc1S(=O)(=O)NOCC(F)(F)F. The van der Waals surface area contributed by atoms with Crippen molar-refractivity contribution in [3.8, 4) is 5.75 Å². The van der Waals surface area contributed by atoms with Crippen molar-refractivity contribution in [1.82, 2.24) is 4.89 Å². The van der Waals surface area contributed by atoms with Gasteiger partial charge in [0.05, 0.1) is 6.61 Å². The molecule has 0 amide bonds. The number of alkyl halides is 3. The van der Waals surface area contributed by atoms with E-state index in [1.54, 1.807) is 13.0 Å². The molecule has 0 saturated heterocycles. The van der Waals surface area contributed by atoms with E-state index in [1.807, 2.05) is 0 Å². The maximum Gasteiger partial charge on any atom is 0.413 e. The first-order chi connectivity index (χ1) is 9.15. The zero-order valence-electron chi connectivity index (χ0n) is 10.2. The Balaban J connectivity index is 2.94. The highest BCUT2D eigenvalue weighted by Gasteiger charge is 2.29. The van der Waals surface area contributed by atoms with Crippen molar-refractivity contribution in [3.05, 3.63) is 22.7 Å². The van der Waals surface area contributed by atoms with Crippen LogP contribution in [-0.2, 0) is 14.9 Å². The topological polar surface area (TPSA) is 64.6 Å². The lowest BCUT2D eigenvalue weighted by Crippen LogP contribution is -2.30. The van der Waals surface area contributed by atoms with Gasteiger partial charge in [-0.2, -0.15) is 13.2 Å². The third kappa shape index (κ3) is 5.27. The lowest BCUT2D eigenvalue weighted by atomic mass is 10.3. The van der Waals surface area contributed by atoms with E-state index in [4.69, 9.17) is 4.74 Å². The molecule has 1 aromatic rings. The second-order valence-corrected chi connectivity index (χ2v) is 6.04.